The van der Waals surface area contributed by atoms with Crippen LogP contribution in [0.25, 0.3) is 0 Å². The number of aliphatic hydroxyl groups is 1. The number of hydrogen-bond acceptors (Lipinski definition) is 5. The second-order valence-electron chi connectivity index (χ2n) is 6.50. The molecule has 2 fully saturated rings. The van der Waals surface area contributed by atoms with Crippen LogP contribution in [-0.2, 0) is 0 Å². The van der Waals surface area contributed by atoms with Gasteiger partial charge in [0.05, 0.1) is 6.20 Å². The average molecular weight is 323 g/mol. The highest BCUT2D eigenvalue weighted by Gasteiger charge is 2.25. The predicted octanol–water partition coefficient (Wildman–Crippen LogP) is 2.64. The van der Waals surface area contributed by atoms with Gasteiger partial charge in [-0.05, 0) is 18.8 Å². The molecule has 1 heterocycles. The Labute approximate surface area is 135 Å². The van der Waals surface area contributed by atoms with Gasteiger partial charge in [0.2, 0.25) is 0 Å². The number of hydrogen-bond donors (Lipinski definition) is 3. The average Bonchev–Trinajstić information content (AvgIpc) is 3.24. The number of thiazole rings is 1. The standard InChI is InChI=1S/C16H25N3O2S/c20-10-12(11-4-2-1-3-5-11)8-17-15(21)14-9-18-16(22-14)19-13-6-7-13/h9,11-13,20H,1-8,10H2,(H,17,21)(H,18,19). The Bertz CT molecular complexity index is 495. The maximum Gasteiger partial charge on any atom is 0.263 e. The zero-order valence-corrected chi connectivity index (χ0v) is 13.7. The molecule has 0 spiro atoms. The summed E-state index contributed by atoms with van der Waals surface area (Å²) < 4.78 is 0. The lowest BCUT2D eigenvalue weighted by Gasteiger charge is -2.29. The minimum absolute atomic E-state index is 0.0735. The lowest BCUT2D eigenvalue weighted by Crippen LogP contribution is -2.35. The van der Waals surface area contributed by atoms with Gasteiger partial charge in [-0.2, -0.15) is 0 Å². The molecule has 3 rings (SSSR count). The van der Waals surface area contributed by atoms with E-state index in [0.29, 0.717) is 23.4 Å². The quantitative estimate of drug-likeness (QED) is 0.721. The van der Waals surface area contributed by atoms with Crippen LogP contribution in [0.2, 0.25) is 0 Å². The highest BCUT2D eigenvalue weighted by atomic mass is 32.1. The van der Waals surface area contributed by atoms with Crippen LogP contribution < -0.4 is 10.6 Å². The molecular weight excluding hydrogens is 298 g/mol. The Morgan fingerprint density at radius 3 is 2.77 bits per heavy atom. The van der Waals surface area contributed by atoms with Gasteiger partial charge in [0.1, 0.15) is 4.88 Å². The first-order chi connectivity index (χ1) is 10.8. The number of aromatic nitrogens is 1. The maximum atomic E-state index is 12.2. The van der Waals surface area contributed by atoms with Crippen molar-refractivity contribution in [1.29, 1.82) is 0 Å². The lowest BCUT2D eigenvalue weighted by molar-refractivity contribution is 0.0918. The van der Waals surface area contributed by atoms with Gasteiger partial charge in [0.25, 0.3) is 5.91 Å². The Hall–Kier alpha value is -1.14. The largest absolute Gasteiger partial charge is 0.396 e. The van der Waals surface area contributed by atoms with Gasteiger partial charge < -0.3 is 15.7 Å². The van der Waals surface area contributed by atoms with Gasteiger partial charge in [-0.15, -0.1) is 0 Å². The smallest absolute Gasteiger partial charge is 0.263 e. The summed E-state index contributed by atoms with van der Waals surface area (Å²) in [6.45, 7) is 0.714. The van der Waals surface area contributed by atoms with E-state index in [1.54, 1.807) is 6.20 Å². The van der Waals surface area contributed by atoms with Crippen molar-refractivity contribution in [3.63, 3.8) is 0 Å². The fourth-order valence-corrected chi connectivity index (χ4v) is 3.95. The number of carbonyl (C=O) groups is 1. The molecule has 5 nitrogen and oxygen atoms in total. The molecule has 0 aliphatic heterocycles. The second-order valence-corrected chi connectivity index (χ2v) is 7.53. The Balaban J connectivity index is 1.48. The molecule has 6 heteroatoms. The number of aliphatic hydroxyl groups excluding tert-OH is 1. The van der Waals surface area contributed by atoms with Crippen LogP contribution in [0, 0.1) is 11.8 Å². The van der Waals surface area contributed by atoms with Crippen LogP contribution in [0.4, 0.5) is 5.13 Å². The molecule has 2 aliphatic carbocycles. The summed E-state index contributed by atoms with van der Waals surface area (Å²) in [4.78, 5) is 17.1. The van der Waals surface area contributed by atoms with Crippen molar-refractivity contribution in [2.75, 3.05) is 18.5 Å². The van der Waals surface area contributed by atoms with E-state index in [0.717, 1.165) is 5.13 Å². The van der Waals surface area contributed by atoms with E-state index < -0.39 is 0 Å². The van der Waals surface area contributed by atoms with Crippen LogP contribution >= 0.6 is 11.3 Å². The van der Waals surface area contributed by atoms with Crippen LogP contribution in [-0.4, -0.2) is 35.2 Å². The first-order valence-corrected chi connectivity index (χ1v) is 9.19. The summed E-state index contributed by atoms with van der Waals surface area (Å²) >= 11 is 1.41. The summed E-state index contributed by atoms with van der Waals surface area (Å²) in [6, 6.07) is 0.548. The molecule has 0 saturated heterocycles. The third-order valence-electron chi connectivity index (χ3n) is 4.71. The van der Waals surface area contributed by atoms with Crippen molar-refractivity contribution < 1.29 is 9.90 Å². The van der Waals surface area contributed by atoms with Gasteiger partial charge in [-0.3, -0.25) is 4.79 Å². The highest BCUT2D eigenvalue weighted by Crippen LogP contribution is 2.30. The molecule has 22 heavy (non-hydrogen) atoms. The number of nitrogens with zero attached hydrogens (tertiary/aromatic N) is 1. The van der Waals surface area contributed by atoms with Crippen molar-refractivity contribution in [2.24, 2.45) is 11.8 Å². The molecule has 3 N–H and O–H groups in total. The van der Waals surface area contributed by atoms with E-state index in [1.165, 1.54) is 56.3 Å². The van der Waals surface area contributed by atoms with E-state index in [-0.39, 0.29) is 18.4 Å². The molecule has 2 aliphatic rings. The van der Waals surface area contributed by atoms with Gasteiger partial charge in [-0.25, -0.2) is 4.98 Å². The Morgan fingerprint density at radius 1 is 1.32 bits per heavy atom. The SMILES string of the molecule is O=C(NCC(CO)C1CCCCC1)c1cnc(NC2CC2)s1. The number of carbonyl (C=O) groups excluding carboxylic acids is 1. The van der Waals surface area contributed by atoms with Crippen LogP contribution in [0.5, 0.6) is 0 Å². The molecule has 1 amide bonds. The molecule has 1 unspecified atom stereocenters. The van der Waals surface area contributed by atoms with Gasteiger partial charge in [0, 0.05) is 25.1 Å². The molecule has 1 aromatic rings. The first-order valence-electron chi connectivity index (χ1n) is 8.37. The number of amides is 1. The summed E-state index contributed by atoms with van der Waals surface area (Å²) in [5, 5.41) is 16.7. The molecule has 0 radical (unpaired) electrons. The summed E-state index contributed by atoms with van der Waals surface area (Å²) in [7, 11) is 0. The Kier molecular flexibility index (Phi) is 5.31. The van der Waals surface area contributed by atoms with Gasteiger partial charge in [-0.1, -0.05) is 43.4 Å². The van der Waals surface area contributed by atoms with E-state index in [1.807, 2.05) is 0 Å². The number of rotatable bonds is 7. The lowest BCUT2D eigenvalue weighted by atomic mass is 9.80. The molecular formula is C16H25N3O2S. The van der Waals surface area contributed by atoms with Crippen molar-refractivity contribution in [1.82, 2.24) is 10.3 Å². The predicted molar refractivity (Wildman–Crippen MR) is 88.2 cm³/mol. The van der Waals surface area contributed by atoms with Gasteiger partial charge in [0.15, 0.2) is 5.13 Å². The van der Waals surface area contributed by atoms with Crippen molar-refractivity contribution >= 4 is 22.4 Å². The number of anilines is 1. The molecule has 0 bridgehead atoms. The van der Waals surface area contributed by atoms with Gasteiger partial charge >= 0.3 is 0 Å². The summed E-state index contributed by atoms with van der Waals surface area (Å²) in [6.07, 6.45) is 10.2. The fraction of sp³-hybridized carbons (Fsp3) is 0.750. The van der Waals surface area contributed by atoms with E-state index in [9.17, 15) is 9.90 Å². The van der Waals surface area contributed by atoms with Crippen molar-refractivity contribution in [3.8, 4) is 0 Å². The number of nitrogens with one attached hydrogen (secondary N) is 2. The van der Waals surface area contributed by atoms with Crippen LogP contribution in [0.1, 0.15) is 54.6 Å². The van der Waals surface area contributed by atoms with E-state index >= 15 is 0 Å². The Morgan fingerprint density at radius 2 is 2.09 bits per heavy atom. The van der Waals surface area contributed by atoms with Crippen LogP contribution in [0.3, 0.4) is 0 Å². The summed E-state index contributed by atoms with van der Waals surface area (Å²) in [5.41, 5.74) is 0. The molecule has 2 saturated carbocycles. The van der Waals surface area contributed by atoms with Crippen molar-refractivity contribution in [2.45, 2.75) is 51.0 Å². The summed E-state index contributed by atoms with van der Waals surface area (Å²) in [5.74, 6) is 0.657. The first kappa shape index (κ1) is 15.7. The fourth-order valence-electron chi connectivity index (χ4n) is 3.14. The highest BCUT2D eigenvalue weighted by molar-refractivity contribution is 7.17. The molecule has 1 atom stereocenters. The van der Waals surface area contributed by atoms with E-state index in [2.05, 4.69) is 15.6 Å². The normalized spacial score (nSPS) is 20.6. The topological polar surface area (TPSA) is 74.2 Å². The molecule has 0 aromatic carbocycles. The third-order valence-corrected chi connectivity index (χ3v) is 5.64. The zero-order chi connectivity index (χ0) is 15.4. The zero-order valence-electron chi connectivity index (χ0n) is 12.9. The monoisotopic (exact) mass is 323 g/mol. The molecule has 1 aromatic heterocycles. The maximum absolute atomic E-state index is 12.2. The van der Waals surface area contributed by atoms with Crippen LogP contribution in [0.15, 0.2) is 6.20 Å². The van der Waals surface area contributed by atoms with E-state index in [4.69, 9.17) is 0 Å². The minimum atomic E-state index is -0.0735. The molecule has 122 valence electrons. The third kappa shape index (κ3) is 4.20. The second kappa shape index (κ2) is 7.42. The minimum Gasteiger partial charge on any atom is -0.396 e. The van der Waals surface area contributed by atoms with Crippen molar-refractivity contribution in [3.05, 3.63) is 11.1 Å².